The SMILES string of the molecule is C=C/C(=C\C=C(/C)C(=O)O)CN(Cc1ccc2c(c1)OCCO2)Cc1c(CC)nc(-c2ccccc2)n1CCCC. The normalized spacial score (nSPS) is 13.5. The molecule has 2 heterocycles. The number of ether oxygens (including phenoxy) is 2. The lowest BCUT2D eigenvalue weighted by atomic mass is 10.1. The Balaban J connectivity index is 1.73. The van der Waals surface area contributed by atoms with Crippen LogP contribution in [0, 0.1) is 0 Å². The first-order valence-electron chi connectivity index (χ1n) is 14.4. The van der Waals surface area contributed by atoms with Crippen LogP contribution in [0.15, 0.2) is 84.5 Å². The van der Waals surface area contributed by atoms with Gasteiger partial charge < -0.3 is 19.1 Å². The van der Waals surface area contributed by atoms with E-state index in [4.69, 9.17) is 14.5 Å². The third-order valence-corrected chi connectivity index (χ3v) is 7.20. The summed E-state index contributed by atoms with van der Waals surface area (Å²) in [5.41, 5.74) is 5.74. The minimum Gasteiger partial charge on any atom is -0.486 e. The molecule has 3 aromatic rings. The van der Waals surface area contributed by atoms with Crippen molar-refractivity contribution in [3.05, 3.63) is 101 Å². The van der Waals surface area contributed by atoms with Crippen molar-refractivity contribution in [2.45, 2.75) is 59.7 Å². The first kappa shape index (κ1) is 29.9. The highest BCUT2D eigenvalue weighted by Gasteiger charge is 2.21. The third kappa shape index (κ3) is 7.76. The number of hydrogen-bond donors (Lipinski definition) is 1. The molecule has 216 valence electrons. The van der Waals surface area contributed by atoms with Gasteiger partial charge in [0, 0.05) is 37.3 Å². The number of carboxylic acid groups (broad SMARTS) is 1. The maximum atomic E-state index is 11.4. The average Bonchev–Trinajstić information content (AvgIpc) is 3.34. The fourth-order valence-corrected chi connectivity index (χ4v) is 4.93. The fourth-order valence-electron chi connectivity index (χ4n) is 4.93. The van der Waals surface area contributed by atoms with Crippen molar-refractivity contribution < 1.29 is 19.4 Å². The van der Waals surface area contributed by atoms with E-state index < -0.39 is 5.97 Å². The van der Waals surface area contributed by atoms with Gasteiger partial charge in [-0.15, -0.1) is 0 Å². The van der Waals surface area contributed by atoms with Crippen LogP contribution < -0.4 is 9.47 Å². The molecule has 4 rings (SSSR count). The van der Waals surface area contributed by atoms with Crippen LogP contribution in [-0.2, 0) is 30.8 Å². The van der Waals surface area contributed by atoms with Crippen LogP contribution in [0.1, 0.15) is 50.6 Å². The largest absolute Gasteiger partial charge is 0.486 e. The van der Waals surface area contributed by atoms with E-state index in [0.717, 1.165) is 65.5 Å². The summed E-state index contributed by atoms with van der Waals surface area (Å²) in [6.07, 6.45) is 8.26. The number of benzene rings is 2. The zero-order valence-corrected chi connectivity index (χ0v) is 24.4. The summed E-state index contributed by atoms with van der Waals surface area (Å²) in [6.45, 7) is 13.9. The molecule has 2 aromatic carbocycles. The number of aromatic nitrogens is 2. The second kappa shape index (κ2) is 14.5. The van der Waals surface area contributed by atoms with Gasteiger partial charge in [0.25, 0.3) is 0 Å². The van der Waals surface area contributed by atoms with Gasteiger partial charge in [-0.3, -0.25) is 4.90 Å². The van der Waals surface area contributed by atoms with Gasteiger partial charge in [0.05, 0.1) is 11.4 Å². The predicted octanol–water partition coefficient (Wildman–Crippen LogP) is 6.83. The van der Waals surface area contributed by atoms with E-state index in [9.17, 15) is 9.90 Å². The number of imidazole rings is 1. The van der Waals surface area contributed by atoms with Gasteiger partial charge in [-0.2, -0.15) is 0 Å². The van der Waals surface area contributed by atoms with Crippen molar-refractivity contribution >= 4 is 5.97 Å². The number of carboxylic acids is 1. The molecule has 0 radical (unpaired) electrons. The van der Waals surface area contributed by atoms with Crippen molar-refractivity contribution in [1.82, 2.24) is 14.5 Å². The molecule has 0 fully saturated rings. The first-order valence-corrected chi connectivity index (χ1v) is 14.4. The van der Waals surface area contributed by atoms with Crippen LogP contribution in [0.3, 0.4) is 0 Å². The van der Waals surface area contributed by atoms with Crippen LogP contribution in [0.5, 0.6) is 11.5 Å². The molecule has 0 unspecified atom stereocenters. The van der Waals surface area contributed by atoms with Gasteiger partial charge in [-0.05, 0) is 43.0 Å². The average molecular weight is 556 g/mol. The molecular formula is C34H41N3O4. The Labute approximate surface area is 243 Å². The number of carbonyl (C=O) groups is 1. The molecule has 0 aliphatic carbocycles. The number of allylic oxidation sites excluding steroid dienone is 2. The summed E-state index contributed by atoms with van der Waals surface area (Å²) in [7, 11) is 0. The molecule has 1 aliphatic heterocycles. The molecule has 0 saturated carbocycles. The second-order valence-electron chi connectivity index (χ2n) is 10.3. The van der Waals surface area contributed by atoms with E-state index >= 15 is 0 Å². The molecular weight excluding hydrogens is 514 g/mol. The number of unbranched alkanes of at least 4 members (excludes halogenated alkanes) is 1. The van der Waals surface area contributed by atoms with E-state index in [1.54, 1.807) is 19.1 Å². The Bertz CT molecular complexity index is 1400. The second-order valence-corrected chi connectivity index (χ2v) is 10.3. The summed E-state index contributed by atoms with van der Waals surface area (Å²) in [4.78, 5) is 18.9. The van der Waals surface area contributed by atoms with Gasteiger partial charge in [0.15, 0.2) is 11.5 Å². The molecule has 1 aliphatic rings. The number of aryl methyl sites for hydroxylation is 1. The summed E-state index contributed by atoms with van der Waals surface area (Å²) in [6, 6.07) is 16.5. The number of fused-ring (bicyclic) bond motifs is 1. The lowest BCUT2D eigenvalue weighted by molar-refractivity contribution is -0.132. The molecule has 1 aromatic heterocycles. The van der Waals surface area contributed by atoms with Gasteiger partial charge in [-0.1, -0.05) is 81.5 Å². The van der Waals surface area contributed by atoms with E-state index in [2.05, 4.69) is 66.3 Å². The molecule has 7 heteroatoms. The molecule has 41 heavy (non-hydrogen) atoms. The zero-order valence-electron chi connectivity index (χ0n) is 24.4. The van der Waals surface area contributed by atoms with Gasteiger partial charge in [0.1, 0.15) is 19.0 Å². The third-order valence-electron chi connectivity index (χ3n) is 7.20. The molecule has 0 bridgehead atoms. The highest BCUT2D eigenvalue weighted by atomic mass is 16.6. The van der Waals surface area contributed by atoms with E-state index in [1.807, 2.05) is 18.2 Å². The number of nitrogens with zero attached hydrogens (tertiary/aromatic N) is 3. The number of hydrogen-bond acceptors (Lipinski definition) is 5. The van der Waals surface area contributed by atoms with Crippen molar-refractivity contribution in [2.24, 2.45) is 0 Å². The van der Waals surface area contributed by atoms with Crippen LogP contribution in [0.4, 0.5) is 0 Å². The molecule has 1 N–H and O–H groups in total. The number of rotatable bonds is 14. The highest BCUT2D eigenvalue weighted by molar-refractivity contribution is 5.86. The lowest BCUT2D eigenvalue weighted by Crippen LogP contribution is -2.27. The Morgan fingerprint density at radius 3 is 2.51 bits per heavy atom. The maximum Gasteiger partial charge on any atom is 0.331 e. The van der Waals surface area contributed by atoms with Crippen LogP contribution in [-0.4, -0.2) is 45.3 Å². The fraction of sp³-hybridized carbons (Fsp3) is 0.353. The lowest BCUT2D eigenvalue weighted by Gasteiger charge is -2.26. The zero-order chi connectivity index (χ0) is 29.2. The molecule has 0 saturated heterocycles. The minimum atomic E-state index is -0.932. The van der Waals surface area contributed by atoms with Gasteiger partial charge >= 0.3 is 5.97 Å². The van der Waals surface area contributed by atoms with Crippen molar-refractivity contribution in [2.75, 3.05) is 19.8 Å². The van der Waals surface area contributed by atoms with Crippen molar-refractivity contribution in [3.8, 4) is 22.9 Å². The summed E-state index contributed by atoms with van der Waals surface area (Å²) < 4.78 is 14.0. The summed E-state index contributed by atoms with van der Waals surface area (Å²) >= 11 is 0. The summed E-state index contributed by atoms with van der Waals surface area (Å²) in [5, 5.41) is 9.33. The molecule has 0 atom stereocenters. The first-order chi connectivity index (χ1) is 19.9. The molecule has 0 amide bonds. The standard InChI is InChI=1S/C34H41N3O4/c1-5-8-18-37-30(29(7-3)35-33(37)28-12-10-9-11-13-28)24-36(22-26(6-2)15-14-25(4)34(38)39)23-27-16-17-31-32(21-27)41-20-19-40-31/h6,9-17,21H,2,5,7-8,18-20,22-24H2,1,3-4H3,(H,38,39)/b25-14+,26-15+. The Morgan fingerprint density at radius 2 is 1.83 bits per heavy atom. The maximum absolute atomic E-state index is 11.4. The van der Waals surface area contributed by atoms with Crippen LogP contribution in [0.2, 0.25) is 0 Å². The van der Waals surface area contributed by atoms with E-state index in [0.29, 0.717) is 32.8 Å². The Hall–Kier alpha value is -4.10. The number of aliphatic carboxylic acids is 1. The quantitative estimate of drug-likeness (QED) is 0.174. The highest BCUT2D eigenvalue weighted by Crippen LogP contribution is 2.32. The van der Waals surface area contributed by atoms with Crippen molar-refractivity contribution in [3.63, 3.8) is 0 Å². The Kier molecular flexibility index (Phi) is 10.6. The van der Waals surface area contributed by atoms with E-state index in [-0.39, 0.29) is 5.57 Å². The molecule has 0 spiro atoms. The van der Waals surface area contributed by atoms with Crippen molar-refractivity contribution in [1.29, 1.82) is 0 Å². The Morgan fingerprint density at radius 1 is 1.07 bits per heavy atom. The van der Waals surface area contributed by atoms with Crippen LogP contribution in [0.25, 0.3) is 11.4 Å². The summed E-state index contributed by atoms with van der Waals surface area (Å²) in [5.74, 6) is 1.61. The molecule has 7 nitrogen and oxygen atoms in total. The smallest absolute Gasteiger partial charge is 0.331 e. The topological polar surface area (TPSA) is 76.8 Å². The van der Waals surface area contributed by atoms with Crippen LogP contribution >= 0.6 is 0 Å². The van der Waals surface area contributed by atoms with E-state index in [1.165, 1.54) is 5.69 Å². The monoisotopic (exact) mass is 555 g/mol. The van der Waals surface area contributed by atoms with Gasteiger partial charge in [0.2, 0.25) is 0 Å². The minimum absolute atomic E-state index is 0.279. The van der Waals surface area contributed by atoms with Gasteiger partial charge in [-0.25, -0.2) is 9.78 Å². The predicted molar refractivity (Wildman–Crippen MR) is 163 cm³/mol.